The van der Waals surface area contributed by atoms with Gasteiger partial charge >= 0.3 is 0 Å². The molecule has 0 saturated heterocycles. The first-order valence-corrected chi connectivity index (χ1v) is 7.20. The van der Waals surface area contributed by atoms with Crippen LogP contribution < -0.4 is 5.32 Å². The summed E-state index contributed by atoms with van der Waals surface area (Å²) in [5.74, 6) is 0. The van der Waals surface area contributed by atoms with Crippen LogP contribution >= 0.6 is 11.6 Å². The fraction of sp³-hybridized carbons (Fsp3) is 0.533. The maximum atomic E-state index is 9.22. The Morgan fingerprint density at radius 2 is 2.00 bits per heavy atom. The molecule has 4 heteroatoms. The van der Waals surface area contributed by atoms with E-state index in [1.165, 1.54) is 0 Å². The van der Waals surface area contributed by atoms with E-state index in [1.807, 2.05) is 24.3 Å². The molecule has 0 heterocycles. The lowest BCUT2D eigenvalue weighted by Crippen LogP contribution is -2.28. The van der Waals surface area contributed by atoms with Crippen LogP contribution in [0.1, 0.15) is 31.9 Å². The summed E-state index contributed by atoms with van der Waals surface area (Å²) in [5.41, 5.74) is 0.856. The van der Waals surface area contributed by atoms with Crippen molar-refractivity contribution in [1.82, 2.24) is 10.2 Å². The molecule has 0 radical (unpaired) electrons. The highest BCUT2D eigenvalue weighted by Gasteiger charge is 2.12. The van der Waals surface area contributed by atoms with Crippen molar-refractivity contribution in [3.63, 3.8) is 0 Å². The summed E-state index contributed by atoms with van der Waals surface area (Å²) in [6.07, 6.45) is 1.03. The maximum Gasteiger partial charge on any atom is 0.122 e. The van der Waals surface area contributed by atoms with Gasteiger partial charge in [-0.05, 0) is 38.7 Å². The van der Waals surface area contributed by atoms with E-state index in [2.05, 4.69) is 30.1 Å². The molecular formula is C15H22ClN3. The Labute approximate surface area is 121 Å². The van der Waals surface area contributed by atoms with Crippen LogP contribution in [0.15, 0.2) is 24.3 Å². The molecule has 3 nitrogen and oxygen atoms in total. The summed E-state index contributed by atoms with van der Waals surface area (Å²) in [6, 6.07) is 9.43. The summed E-state index contributed by atoms with van der Waals surface area (Å²) in [7, 11) is 0. The van der Waals surface area contributed by atoms with Gasteiger partial charge in [-0.15, -0.1) is 0 Å². The van der Waals surface area contributed by atoms with E-state index in [9.17, 15) is 5.26 Å². The lowest BCUT2D eigenvalue weighted by atomic mass is 10.1. The summed E-state index contributed by atoms with van der Waals surface area (Å²) in [6.45, 7) is 8.35. The van der Waals surface area contributed by atoms with Gasteiger partial charge < -0.3 is 4.90 Å². The Balaban J connectivity index is 2.43. The lowest BCUT2D eigenvalue weighted by molar-refractivity contribution is 0.297. The average molecular weight is 280 g/mol. The number of benzene rings is 1. The van der Waals surface area contributed by atoms with Crippen LogP contribution in [-0.2, 0) is 0 Å². The highest BCUT2D eigenvalue weighted by Crippen LogP contribution is 2.21. The number of hydrogen-bond donors (Lipinski definition) is 1. The number of rotatable bonds is 8. The highest BCUT2D eigenvalue weighted by molar-refractivity contribution is 6.31. The lowest BCUT2D eigenvalue weighted by Gasteiger charge is -2.19. The molecule has 0 spiro atoms. The second kappa shape index (κ2) is 8.92. The summed E-state index contributed by atoms with van der Waals surface area (Å²) in [4.78, 5) is 2.37. The Bertz CT molecular complexity index is 410. The van der Waals surface area contributed by atoms with Crippen LogP contribution in [0.2, 0.25) is 5.02 Å². The predicted octanol–water partition coefficient (Wildman–Crippen LogP) is 3.23. The topological polar surface area (TPSA) is 39.1 Å². The monoisotopic (exact) mass is 279 g/mol. The standard InChI is InChI=1S/C15H22ClN3/c1-3-19(4-2)11-7-10-18-15(12-17)13-8-5-6-9-14(13)16/h5-6,8-9,15,18H,3-4,7,10-11H2,1-2H3. The minimum Gasteiger partial charge on any atom is -0.304 e. The molecule has 1 aromatic carbocycles. The molecule has 0 bridgehead atoms. The minimum atomic E-state index is -0.328. The van der Waals surface area contributed by atoms with Crippen LogP contribution in [0.3, 0.4) is 0 Å². The van der Waals surface area contributed by atoms with Crippen molar-refractivity contribution in [3.05, 3.63) is 34.9 Å². The third kappa shape index (κ3) is 5.20. The molecule has 0 aliphatic heterocycles. The number of nitriles is 1. The van der Waals surface area contributed by atoms with Gasteiger partial charge in [0.1, 0.15) is 6.04 Å². The van der Waals surface area contributed by atoms with Crippen LogP contribution in [0.4, 0.5) is 0 Å². The van der Waals surface area contributed by atoms with Crippen molar-refractivity contribution in [3.8, 4) is 6.07 Å². The Kier molecular flexibility index (Phi) is 7.50. The molecule has 1 rings (SSSR count). The van der Waals surface area contributed by atoms with Gasteiger partial charge in [0.15, 0.2) is 0 Å². The van der Waals surface area contributed by atoms with Gasteiger partial charge in [-0.1, -0.05) is 43.6 Å². The summed E-state index contributed by atoms with van der Waals surface area (Å²) in [5, 5.41) is 13.1. The van der Waals surface area contributed by atoms with Gasteiger partial charge in [-0.2, -0.15) is 5.26 Å². The van der Waals surface area contributed by atoms with Gasteiger partial charge in [-0.3, -0.25) is 5.32 Å². The van der Waals surface area contributed by atoms with E-state index in [1.54, 1.807) is 0 Å². The zero-order valence-electron chi connectivity index (χ0n) is 11.7. The first-order valence-electron chi connectivity index (χ1n) is 6.82. The van der Waals surface area contributed by atoms with E-state index in [0.717, 1.165) is 38.2 Å². The van der Waals surface area contributed by atoms with Crippen LogP contribution in [0.5, 0.6) is 0 Å². The Morgan fingerprint density at radius 1 is 1.32 bits per heavy atom. The fourth-order valence-corrected chi connectivity index (χ4v) is 2.27. The zero-order valence-corrected chi connectivity index (χ0v) is 12.5. The molecule has 1 atom stereocenters. The van der Waals surface area contributed by atoms with E-state index < -0.39 is 0 Å². The SMILES string of the molecule is CCN(CC)CCCNC(C#N)c1ccccc1Cl. The molecule has 0 aliphatic rings. The molecule has 0 aromatic heterocycles. The summed E-state index contributed by atoms with van der Waals surface area (Å²) >= 11 is 6.11. The number of nitrogens with zero attached hydrogens (tertiary/aromatic N) is 2. The van der Waals surface area contributed by atoms with Gasteiger partial charge in [0.25, 0.3) is 0 Å². The van der Waals surface area contributed by atoms with Crippen LogP contribution in [0.25, 0.3) is 0 Å². The van der Waals surface area contributed by atoms with E-state index >= 15 is 0 Å². The highest BCUT2D eigenvalue weighted by atomic mass is 35.5. The van der Waals surface area contributed by atoms with Crippen molar-refractivity contribution in [2.24, 2.45) is 0 Å². The van der Waals surface area contributed by atoms with Crippen LogP contribution in [0, 0.1) is 11.3 Å². The number of hydrogen-bond acceptors (Lipinski definition) is 3. The second-order valence-corrected chi connectivity index (χ2v) is 4.83. The van der Waals surface area contributed by atoms with Gasteiger partial charge in [-0.25, -0.2) is 0 Å². The third-order valence-corrected chi connectivity index (χ3v) is 3.58. The molecular weight excluding hydrogens is 258 g/mol. The van der Waals surface area contributed by atoms with E-state index in [0.29, 0.717) is 5.02 Å². The first-order chi connectivity index (χ1) is 9.22. The van der Waals surface area contributed by atoms with Crippen molar-refractivity contribution >= 4 is 11.6 Å². The van der Waals surface area contributed by atoms with Gasteiger partial charge in [0.2, 0.25) is 0 Å². The number of halogens is 1. The quantitative estimate of drug-likeness (QED) is 0.743. The largest absolute Gasteiger partial charge is 0.304 e. The molecule has 0 amide bonds. The maximum absolute atomic E-state index is 9.22. The number of nitrogens with one attached hydrogen (secondary N) is 1. The second-order valence-electron chi connectivity index (χ2n) is 4.42. The molecule has 0 fully saturated rings. The Morgan fingerprint density at radius 3 is 2.58 bits per heavy atom. The molecule has 1 N–H and O–H groups in total. The summed E-state index contributed by atoms with van der Waals surface area (Å²) < 4.78 is 0. The van der Waals surface area contributed by atoms with E-state index in [4.69, 9.17) is 11.6 Å². The van der Waals surface area contributed by atoms with Crippen molar-refractivity contribution < 1.29 is 0 Å². The normalized spacial score (nSPS) is 12.4. The van der Waals surface area contributed by atoms with Crippen molar-refractivity contribution in [2.45, 2.75) is 26.3 Å². The molecule has 1 aromatic rings. The van der Waals surface area contributed by atoms with Crippen LogP contribution in [-0.4, -0.2) is 31.1 Å². The average Bonchev–Trinajstić information content (AvgIpc) is 2.44. The third-order valence-electron chi connectivity index (χ3n) is 3.24. The fourth-order valence-electron chi connectivity index (χ4n) is 2.02. The van der Waals surface area contributed by atoms with Gasteiger partial charge in [0, 0.05) is 10.6 Å². The van der Waals surface area contributed by atoms with Gasteiger partial charge in [0.05, 0.1) is 6.07 Å². The minimum absolute atomic E-state index is 0.328. The molecule has 104 valence electrons. The van der Waals surface area contributed by atoms with E-state index in [-0.39, 0.29) is 6.04 Å². The molecule has 0 aliphatic carbocycles. The Hall–Kier alpha value is -1.08. The van der Waals surface area contributed by atoms with Crippen molar-refractivity contribution in [1.29, 1.82) is 5.26 Å². The molecule has 0 saturated carbocycles. The molecule has 1 unspecified atom stereocenters. The van der Waals surface area contributed by atoms with Crippen molar-refractivity contribution in [2.75, 3.05) is 26.2 Å². The zero-order chi connectivity index (χ0) is 14.1. The molecule has 19 heavy (non-hydrogen) atoms. The predicted molar refractivity (Wildman–Crippen MR) is 80.2 cm³/mol. The smallest absolute Gasteiger partial charge is 0.122 e. The first kappa shape index (κ1) is 16.0.